The largest absolute Gasteiger partial charge is 0.323 e. The lowest BCUT2D eigenvalue weighted by molar-refractivity contribution is -0.119. The van der Waals surface area contributed by atoms with Crippen LogP contribution in [-0.4, -0.2) is 25.5 Å². The van der Waals surface area contributed by atoms with Crippen molar-refractivity contribution < 1.29 is 9.18 Å². The molecule has 0 bridgehead atoms. The second kappa shape index (κ2) is 8.45. The number of nitrogens with one attached hydrogen (secondary N) is 1. The van der Waals surface area contributed by atoms with Crippen molar-refractivity contribution in [3.63, 3.8) is 0 Å². The van der Waals surface area contributed by atoms with E-state index < -0.39 is 0 Å². The number of hydrogen-bond acceptors (Lipinski definition) is 3. The average molecular weight is 469 g/mol. The SMILES string of the molecule is Cc1nn(Cc2ccc(F)cc2Cl)c(C)c1NC(=O)C(C)Cn1cc(Br)cn1. The smallest absolute Gasteiger partial charge is 0.229 e. The third-order valence-corrected chi connectivity index (χ3v) is 5.24. The standard InChI is InChI=1S/C19H20BrClFN5O/c1-11(8-26-10-15(20)7-23-26)19(28)24-18-12(2)25-27(13(18)3)9-14-4-5-16(22)6-17(14)21/h4-7,10-11H,8-9H2,1-3H3,(H,24,28). The topological polar surface area (TPSA) is 64.7 Å². The number of amides is 1. The fraction of sp³-hybridized carbons (Fsp3) is 0.316. The zero-order valence-electron chi connectivity index (χ0n) is 15.7. The van der Waals surface area contributed by atoms with E-state index in [0.717, 1.165) is 15.7 Å². The molecule has 0 aliphatic rings. The van der Waals surface area contributed by atoms with Crippen molar-refractivity contribution >= 4 is 39.1 Å². The maximum absolute atomic E-state index is 13.2. The number of carbonyl (C=O) groups excluding carboxylic acids is 1. The van der Waals surface area contributed by atoms with Crippen molar-refractivity contribution in [2.24, 2.45) is 5.92 Å². The van der Waals surface area contributed by atoms with Crippen LogP contribution in [0.25, 0.3) is 0 Å². The van der Waals surface area contributed by atoms with Gasteiger partial charge in [0.2, 0.25) is 5.91 Å². The van der Waals surface area contributed by atoms with E-state index in [1.54, 1.807) is 21.6 Å². The highest BCUT2D eigenvalue weighted by molar-refractivity contribution is 9.10. The molecule has 0 radical (unpaired) electrons. The first-order valence-electron chi connectivity index (χ1n) is 8.71. The highest BCUT2D eigenvalue weighted by Gasteiger charge is 2.19. The average Bonchev–Trinajstić information content (AvgIpc) is 3.15. The lowest BCUT2D eigenvalue weighted by atomic mass is 10.1. The predicted molar refractivity (Wildman–Crippen MR) is 110 cm³/mol. The summed E-state index contributed by atoms with van der Waals surface area (Å²) in [5.41, 5.74) is 2.94. The van der Waals surface area contributed by atoms with Crippen LogP contribution in [0.1, 0.15) is 23.9 Å². The molecular formula is C19H20BrClFN5O. The Balaban J connectivity index is 1.73. The Kier molecular flexibility index (Phi) is 6.20. The third kappa shape index (κ3) is 4.62. The van der Waals surface area contributed by atoms with E-state index in [4.69, 9.17) is 11.6 Å². The molecule has 0 saturated heterocycles. The molecule has 2 heterocycles. The van der Waals surface area contributed by atoms with Gasteiger partial charge in [0.1, 0.15) is 5.82 Å². The maximum atomic E-state index is 13.2. The summed E-state index contributed by atoms with van der Waals surface area (Å²) in [5, 5.41) is 12.0. The summed E-state index contributed by atoms with van der Waals surface area (Å²) in [7, 11) is 0. The minimum absolute atomic E-state index is 0.114. The van der Waals surface area contributed by atoms with Crippen molar-refractivity contribution in [2.75, 3.05) is 5.32 Å². The van der Waals surface area contributed by atoms with Gasteiger partial charge in [0.15, 0.2) is 0 Å². The molecule has 1 N–H and O–H groups in total. The van der Waals surface area contributed by atoms with Gasteiger partial charge in [0.25, 0.3) is 0 Å². The Labute approximate surface area is 175 Å². The van der Waals surface area contributed by atoms with Crippen molar-refractivity contribution in [1.29, 1.82) is 0 Å². The van der Waals surface area contributed by atoms with Crippen LogP contribution < -0.4 is 5.32 Å². The molecule has 3 rings (SSSR count). The van der Waals surface area contributed by atoms with Crippen molar-refractivity contribution in [3.05, 3.63) is 62.9 Å². The van der Waals surface area contributed by atoms with Crippen LogP contribution in [0.3, 0.4) is 0 Å². The number of halogens is 3. The van der Waals surface area contributed by atoms with Gasteiger partial charge in [-0.2, -0.15) is 10.2 Å². The number of benzene rings is 1. The van der Waals surface area contributed by atoms with Gasteiger partial charge < -0.3 is 5.32 Å². The van der Waals surface area contributed by atoms with E-state index in [0.29, 0.717) is 29.5 Å². The molecule has 0 spiro atoms. The van der Waals surface area contributed by atoms with Gasteiger partial charge >= 0.3 is 0 Å². The predicted octanol–water partition coefficient (Wildman–Crippen LogP) is 4.57. The van der Waals surface area contributed by atoms with Crippen molar-refractivity contribution in [2.45, 2.75) is 33.9 Å². The number of hydrogen-bond donors (Lipinski definition) is 1. The summed E-state index contributed by atoms with van der Waals surface area (Å²) >= 11 is 9.47. The van der Waals surface area contributed by atoms with Crippen LogP contribution in [0.2, 0.25) is 5.02 Å². The van der Waals surface area contributed by atoms with E-state index in [-0.39, 0.29) is 17.6 Å². The first-order valence-corrected chi connectivity index (χ1v) is 9.88. The van der Waals surface area contributed by atoms with Gasteiger partial charge in [0.05, 0.1) is 46.8 Å². The number of anilines is 1. The summed E-state index contributed by atoms with van der Waals surface area (Å²) in [4.78, 5) is 12.6. The molecule has 2 aromatic heterocycles. The summed E-state index contributed by atoms with van der Waals surface area (Å²) in [6, 6.07) is 4.28. The molecule has 0 aliphatic carbocycles. The number of rotatable bonds is 6. The number of carbonyl (C=O) groups is 1. The normalized spacial score (nSPS) is 12.2. The van der Waals surface area contributed by atoms with E-state index in [1.807, 2.05) is 27.0 Å². The van der Waals surface area contributed by atoms with E-state index in [1.165, 1.54) is 12.1 Å². The summed E-state index contributed by atoms with van der Waals surface area (Å²) in [6.07, 6.45) is 3.51. The second-order valence-electron chi connectivity index (χ2n) is 6.71. The molecule has 3 aromatic rings. The zero-order chi connectivity index (χ0) is 20.4. The molecule has 28 heavy (non-hydrogen) atoms. The van der Waals surface area contributed by atoms with Gasteiger partial charge in [-0.15, -0.1) is 0 Å². The monoisotopic (exact) mass is 467 g/mol. The fourth-order valence-electron chi connectivity index (χ4n) is 2.89. The molecule has 0 saturated carbocycles. The van der Waals surface area contributed by atoms with Crippen LogP contribution in [0.5, 0.6) is 0 Å². The van der Waals surface area contributed by atoms with Crippen LogP contribution in [0, 0.1) is 25.6 Å². The molecule has 1 amide bonds. The zero-order valence-corrected chi connectivity index (χ0v) is 18.1. The van der Waals surface area contributed by atoms with Crippen LogP contribution >= 0.6 is 27.5 Å². The van der Waals surface area contributed by atoms with Crippen LogP contribution in [-0.2, 0) is 17.9 Å². The minimum atomic E-state index is -0.381. The molecule has 148 valence electrons. The fourth-order valence-corrected chi connectivity index (χ4v) is 3.45. The third-order valence-electron chi connectivity index (χ3n) is 4.48. The Morgan fingerprint density at radius 1 is 1.39 bits per heavy atom. The number of aryl methyl sites for hydroxylation is 1. The van der Waals surface area contributed by atoms with Crippen molar-refractivity contribution in [1.82, 2.24) is 19.6 Å². The summed E-state index contributed by atoms with van der Waals surface area (Å²) in [6.45, 7) is 6.41. The molecule has 1 atom stereocenters. The molecule has 0 aliphatic heterocycles. The Morgan fingerprint density at radius 3 is 2.79 bits per heavy atom. The summed E-state index contributed by atoms with van der Waals surface area (Å²) in [5.74, 6) is -0.772. The van der Waals surface area contributed by atoms with E-state index in [9.17, 15) is 9.18 Å². The number of aromatic nitrogens is 4. The quantitative estimate of drug-likeness (QED) is 0.576. The molecule has 1 aromatic carbocycles. The van der Waals surface area contributed by atoms with Gasteiger partial charge in [-0.25, -0.2) is 4.39 Å². The first-order chi connectivity index (χ1) is 13.2. The second-order valence-corrected chi connectivity index (χ2v) is 8.03. The van der Waals surface area contributed by atoms with E-state index >= 15 is 0 Å². The Bertz CT molecular complexity index is 1020. The minimum Gasteiger partial charge on any atom is -0.323 e. The lowest BCUT2D eigenvalue weighted by Gasteiger charge is -2.13. The van der Waals surface area contributed by atoms with Crippen molar-refractivity contribution in [3.8, 4) is 0 Å². The maximum Gasteiger partial charge on any atom is 0.229 e. The molecule has 1 unspecified atom stereocenters. The van der Waals surface area contributed by atoms with Crippen LogP contribution in [0.4, 0.5) is 10.1 Å². The van der Waals surface area contributed by atoms with Crippen LogP contribution in [0.15, 0.2) is 35.1 Å². The van der Waals surface area contributed by atoms with E-state index in [2.05, 4.69) is 31.4 Å². The molecule has 9 heteroatoms. The Hall–Kier alpha value is -2.19. The summed E-state index contributed by atoms with van der Waals surface area (Å²) < 4.78 is 17.6. The Morgan fingerprint density at radius 2 is 2.14 bits per heavy atom. The van der Waals surface area contributed by atoms with Gasteiger partial charge in [-0.3, -0.25) is 14.2 Å². The highest BCUT2D eigenvalue weighted by atomic mass is 79.9. The lowest BCUT2D eigenvalue weighted by Crippen LogP contribution is -2.25. The highest BCUT2D eigenvalue weighted by Crippen LogP contribution is 2.24. The first kappa shape index (κ1) is 20.5. The molecule has 6 nitrogen and oxygen atoms in total. The molecule has 0 fully saturated rings. The molecular weight excluding hydrogens is 449 g/mol. The number of nitrogens with zero attached hydrogens (tertiary/aromatic N) is 4. The van der Waals surface area contributed by atoms with Gasteiger partial charge in [-0.05, 0) is 47.5 Å². The van der Waals surface area contributed by atoms with Gasteiger partial charge in [-0.1, -0.05) is 24.6 Å². The van der Waals surface area contributed by atoms with Gasteiger partial charge in [0, 0.05) is 11.2 Å².